The summed E-state index contributed by atoms with van der Waals surface area (Å²) in [6.07, 6.45) is 19.3. The van der Waals surface area contributed by atoms with Gasteiger partial charge in [-0.3, -0.25) is 0 Å². The first-order valence-corrected chi connectivity index (χ1v) is 6.13. The maximum absolute atomic E-state index is 3.59. The average molecular weight is 211 g/mol. The van der Waals surface area contributed by atoms with Crippen LogP contribution in [0.5, 0.6) is 0 Å². The average Bonchev–Trinajstić information content (AvgIpc) is 2.33. The molecule has 16 heavy (non-hydrogen) atoms. The van der Waals surface area contributed by atoms with Gasteiger partial charge in [-0.15, -0.1) is 0 Å². The molecule has 1 atom stereocenters. The van der Waals surface area contributed by atoms with Gasteiger partial charge in [-0.05, 0) is 42.5 Å². The molecule has 0 radical (unpaired) electrons. The summed E-state index contributed by atoms with van der Waals surface area (Å²) < 4.78 is 0. The molecule has 0 amide bonds. The third kappa shape index (κ3) is 1.72. The molecule has 1 heteroatoms. The molecule has 0 saturated carbocycles. The molecule has 1 unspecified atom stereocenters. The van der Waals surface area contributed by atoms with Gasteiger partial charge in [-0.2, -0.15) is 0 Å². The van der Waals surface area contributed by atoms with E-state index in [9.17, 15) is 0 Å². The Morgan fingerprint density at radius 2 is 2.12 bits per heavy atom. The highest BCUT2D eigenvalue weighted by Crippen LogP contribution is 2.31. The summed E-state index contributed by atoms with van der Waals surface area (Å²) in [7, 11) is 0. The van der Waals surface area contributed by atoms with E-state index < -0.39 is 0 Å². The van der Waals surface area contributed by atoms with Crippen molar-refractivity contribution in [3.8, 4) is 0 Å². The second kappa shape index (κ2) is 4.26. The molecule has 0 bridgehead atoms. The first kappa shape index (κ1) is 9.86. The number of rotatable bonds is 0. The van der Waals surface area contributed by atoms with Crippen molar-refractivity contribution in [2.45, 2.75) is 25.3 Å². The second-order valence-electron chi connectivity index (χ2n) is 4.50. The monoisotopic (exact) mass is 211 g/mol. The second-order valence-corrected chi connectivity index (χ2v) is 4.50. The van der Waals surface area contributed by atoms with E-state index in [0.717, 1.165) is 13.0 Å². The maximum Gasteiger partial charge on any atom is 0.0512 e. The summed E-state index contributed by atoms with van der Waals surface area (Å²) in [4.78, 5) is 0. The predicted molar refractivity (Wildman–Crippen MR) is 68.2 cm³/mol. The zero-order valence-corrected chi connectivity index (χ0v) is 9.45. The maximum atomic E-state index is 3.59. The molecule has 1 aliphatic heterocycles. The lowest BCUT2D eigenvalue weighted by atomic mass is 9.85. The number of hydrogen-bond donors (Lipinski definition) is 1. The Hall–Kier alpha value is -1.34. The SMILES string of the molecule is C1=C/C2=C3\CCC=CC3=CCCNC2C=C1. The minimum Gasteiger partial charge on any atom is -0.306 e. The van der Waals surface area contributed by atoms with Gasteiger partial charge >= 0.3 is 0 Å². The summed E-state index contributed by atoms with van der Waals surface area (Å²) in [6, 6.07) is 0.426. The van der Waals surface area contributed by atoms with Gasteiger partial charge in [-0.1, -0.05) is 42.5 Å². The highest BCUT2D eigenvalue weighted by Gasteiger charge is 2.19. The number of allylic oxidation sites excluding steroid dienone is 6. The Morgan fingerprint density at radius 1 is 1.12 bits per heavy atom. The van der Waals surface area contributed by atoms with Crippen molar-refractivity contribution in [3.05, 3.63) is 59.3 Å². The number of hydrogen-bond acceptors (Lipinski definition) is 1. The van der Waals surface area contributed by atoms with Crippen LogP contribution in [0.4, 0.5) is 0 Å². The van der Waals surface area contributed by atoms with Gasteiger partial charge in [0.05, 0.1) is 6.04 Å². The van der Waals surface area contributed by atoms with Gasteiger partial charge in [0.1, 0.15) is 0 Å². The quantitative estimate of drug-likeness (QED) is 0.649. The number of nitrogens with one attached hydrogen (secondary N) is 1. The summed E-state index contributed by atoms with van der Waals surface area (Å²) in [6.45, 7) is 1.07. The van der Waals surface area contributed by atoms with Gasteiger partial charge < -0.3 is 5.32 Å². The van der Waals surface area contributed by atoms with Crippen LogP contribution in [0.15, 0.2) is 59.3 Å². The molecule has 3 aliphatic rings. The molecule has 1 heterocycles. The number of fused-ring (bicyclic) bond motifs is 2. The molecule has 0 aromatic rings. The smallest absolute Gasteiger partial charge is 0.0512 e. The molecule has 3 rings (SSSR count). The summed E-state index contributed by atoms with van der Waals surface area (Å²) in [5, 5.41) is 3.59. The molecule has 0 saturated heterocycles. The van der Waals surface area contributed by atoms with Crippen molar-refractivity contribution in [1.29, 1.82) is 0 Å². The van der Waals surface area contributed by atoms with E-state index in [1.54, 1.807) is 5.57 Å². The molecule has 82 valence electrons. The van der Waals surface area contributed by atoms with Gasteiger partial charge in [0.2, 0.25) is 0 Å². The van der Waals surface area contributed by atoms with E-state index in [2.05, 4.69) is 47.8 Å². The minimum atomic E-state index is 0.426. The van der Waals surface area contributed by atoms with Crippen LogP contribution in [-0.4, -0.2) is 12.6 Å². The molecule has 0 fully saturated rings. The summed E-state index contributed by atoms with van der Waals surface area (Å²) in [5.41, 5.74) is 4.46. The van der Waals surface area contributed by atoms with Crippen LogP contribution < -0.4 is 5.32 Å². The fourth-order valence-electron chi connectivity index (χ4n) is 2.66. The van der Waals surface area contributed by atoms with E-state index in [-0.39, 0.29) is 0 Å². The van der Waals surface area contributed by atoms with E-state index in [0.29, 0.717) is 6.04 Å². The van der Waals surface area contributed by atoms with Gasteiger partial charge in [0.15, 0.2) is 0 Å². The van der Waals surface area contributed by atoms with Crippen molar-refractivity contribution in [1.82, 2.24) is 5.32 Å². The molecule has 0 aromatic heterocycles. The lowest BCUT2D eigenvalue weighted by Gasteiger charge is -2.26. The van der Waals surface area contributed by atoms with Gasteiger partial charge in [0.25, 0.3) is 0 Å². The third-order valence-electron chi connectivity index (χ3n) is 3.45. The largest absolute Gasteiger partial charge is 0.306 e. The molecule has 1 nitrogen and oxygen atoms in total. The standard InChI is InChI=1S/C15H17N/c1-2-8-13-12(6-1)7-5-11-16-15-10-4-3-9-14(13)15/h1,3-4,6-7,9-10,15-16H,2,5,8,11H2/b12-7?,14-13-. The van der Waals surface area contributed by atoms with Crippen LogP contribution in [0.25, 0.3) is 0 Å². The lowest BCUT2D eigenvalue weighted by molar-refractivity contribution is 0.647. The Labute approximate surface area is 96.9 Å². The Balaban J connectivity index is 2.10. The van der Waals surface area contributed by atoms with Crippen molar-refractivity contribution in [3.63, 3.8) is 0 Å². The topological polar surface area (TPSA) is 12.0 Å². The Bertz CT molecular complexity index is 432. The fourth-order valence-corrected chi connectivity index (χ4v) is 2.66. The lowest BCUT2D eigenvalue weighted by Crippen LogP contribution is -2.32. The summed E-state index contributed by atoms with van der Waals surface area (Å²) in [5.74, 6) is 0. The van der Waals surface area contributed by atoms with Crippen LogP contribution in [-0.2, 0) is 0 Å². The van der Waals surface area contributed by atoms with Crippen LogP contribution in [0.2, 0.25) is 0 Å². The summed E-state index contributed by atoms with van der Waals surface area (Å²) >= 11 is 0. The third-order valence-corrected chi connectivity index (χ3v) is 3.45. The van der Waals surface area contributed by atoms with Crippen molar-refractivity contribution >= 4 is 0 Å². The Morgan fingerprint density at radius 3 is 3.12 bits per heavy atom. The highest BCUT2D eigenvalue weighted by molar-refractivity contribution is 5.52. The first-order valence-electron chi connectivity index (χ1n) is 6.13. The van der Waals surface area contributed by atoms with Gasteiger partial charge in [0, 0.05) is 0 Å². The molecular formula is C15H17N. The highest BCUT2D eigenvalue weighted by atomic mass is 14.9. The zero-order chi connectivity index (χ0) is 10.8. The van der Waals surface area contributed by atoms with Crippen LogP contribution >= 0.6 is 0 Å². The van der Waals surface area contributed by atoms with E-state index in [1.807, 2.05) is 0 Å². The molecule has 1 N–H and O–H groups in total. The van der Waals surface area contributed by atoms with Crippen molar-refractivity contribution in [2.24, 2.45) is 0 Å². The van der Waals surface area contributed by atoms with Crippen molar-refractivity contribution in [2.75, 3.05) is 6.54 Å². The van der Waals surface area contributed by atoms with Gasteiger partial charge in [-0.25, -0.2) is 0 Å². The predicted octanol–water partition coefficient (Wildman–Crippen LogP) is 3.05. The Kier molecular flexibility index (Phi) is 2.63. The van der Waals surface area contributed by atoms with Crippen LogP contribution in [0.3, 0.4) is 0 Å². The fraction of sp³-hybridized carbons (Fsp3) is 0.333. The molecule has 0 spiro atoms. The van der Waals surface area contributed by atoms with E-state index >= 15 is 0 Å². The van der Waals surface area contributed by atoms with Crippen LogP contribution in [0, 0.1) is 0 Å². The first-order chi connectivity index (χ1) is 7.95. The molecular weight excluding hydrogens is 194 g/mol. The van der Waals surface area contributed by atoms with Crippen molar-refractivity contribution < 1.29 is 0 Å². The molecule has 2 aliphatic carbocycles. The molecule has 0 aromatic carbocycles. The van der Waals surface area contributed by atoms with E-state index in [1.165, 1.54) is 24.0 Å². The zero-order valence-electron chi connectivity index (χ0n) is 9.45. The van der Waals surface area contributed by atoms with Crippen LogP contribution in [0.1, 0.15) is 19.3 Å². The normalized spacial score (nSPS) is 32.5. The minimum absolute atomic E-state index is 0.426. The van der Waals surface area contributed by atoms with E-state index in [4.69, 9.17) is 0 Å².